The minimum absolute atomic E-state index is 0.0698. The summed E-state index contributed by atoms with van der Waals surface area (Å²) < 4.78 is 32.8. The first-order valence-electron chi connectivity index (χ1n) is 9.86. The molecule has 2 fully saturated rings. The van der Waals surface area contributed by atoms with Crippen LogP contribution < -0.4 is 0 Å². The smallest absolute Gasteiger partial charge is 0.253 e. The van der Waals surface area contributed by atoms with Crippen molar-refractivity contribution >= 4 is 27.3 Å². The summed E-state index contributed by atoms with van der Waals surface area (Å²) in [5.74, 6) is 0.765. The molecule has 2 saturated heterocycles. The zero-order valence-electron chi connectivity index (χ0n) is 16.7. The van der Waals surface area contributed by atoms with Crippen LogP contribution in [-0.2, 0) is 21.4 Å². The van der Waals surface area contributed by atoms with Crippen molar-refractivity contribution in [1.29, 1.82) is 0 Å². The predicted octanol–water partition coefficient (Wildman–Crippen LogP) is 1.85. The summed E-state index contributed by atoms with van der Waals surface area (Å²) in [7, 11) is -3.61. The highest BCUT2D eigenvalue weighted by atomic mass is 32.2. The van der Waals surface area contributed by atoms with Gasteiger partial charge in [-0.05, 0) is 38.1 Å². The predicted molar refractivity (Wildman–Crippen MR) is 109 cm³/mol. The summed E-state index contributed by atoms with van der Waals surface area (Å²) in [5, 5.41) is 5.75. The van der Waals surface area contributed by atoms with Crippen LogP contribution in [0.3, 0.4) is 0 Å². The second-order valence-corrected chi connectivity index (χ2v) is 10.7. The van der Waals surface area contributed by atoms with Crippen LogP contribution >= 0.6 is 11.3 Å². The molecule has 2 aliphatic heterocycles. The van der Waals surface area contributed by atoms with Crippen LogP contribution in [0.25, 0.3) is 0 Å². The Morgan fingerprint density at radius 3 is 2.62 bits per heavy atom. The number of hydrogen-bond donors (Lipinski definition) is 0. The SMILES string of the molecule is Cc1noc(C)c1CN1CCN(C(=O)C2CCCN2S(=O)(=O)c2cccs2)CC1. The normalized spacial score (nSPS) is 21.7. The van der Waals surface area contributed by atoms with Gasteiger partial charge in [0.1, 0.15) is 16.0 Å². The highest BCUT2D eigenvalue weighted by molar-refractivity contribution is 7.91. The summed E-state index contributed by atoms with van der Waals surface area (Å²) in [6.07, 6.45) is 1.30. The zero-order valence-corrected chi connectivity index (χ0v) is 18.3. The highest BCUT2D eigenvalue weighted by Gasteiger charge is 2.42. The number of piperazine rings is 1. The number of sulfonamides is 1. The number of carbonyl (C=O) groups excluding carboxylic acids is 1. The maximum atomic E-state index is 13.1. The van der Waals surface area contributed by atoms with Crippen molar-refractivity contribution in [2.45, 2.75) is 43.5 Å². The van der Waals surface area contributed by atoms with E-state index < -0.39 is 16.1 Å². The standard InChI is InChI=1S/C19H26N4O4S2/c1-14-16(15(2)27-20-14)13-21-8-10-22(11-9-21)19(24)17-5-3-7-23(17)29(25,26)18-6-4-12-28-18/h4,6,12,17H,3,5,7-11,13H2,1-2H3. The molecule has 10 heteroatoms. The molecule has 4 rings (SSSR count). The van der Waals surface area contributed by atoms with Gasteiger partial charge < -0.3 is 9.42 Å². The Labute approximate surface area is 175 Å². The monoisotopic (exact) mass is 438 g/mol. The number of aryl methyl sites for hydroxylation is 2. The van der Waals surface area contributed by atoms with Gasteiger partial charge >= 0.3 is 0 Å². The molecule has 8 nitrogen and oxygen atoms in total. The van der Waals surface area contributed by atoms with E-state index in [0.29, 0.717) is 36.7 Å². The third-order valence-electron chi connectivity index (χ3n) is 5.79. The lowest BCUT2D eigenvalue weighted by atomic mass is 10.1. The first-order valence-corrected chi connectivity index (χ1v) is 12.2. The van der Waals surface area contributed by atoms with Crippen molar-refractivity contribution in [2.75, 3.05) is 32.7 Å². The van der Waals surface area contributed by atoms with Crippen molar-refractivity contribution in [3.63, 3.8) is 0 Å². The lowest BCUT2D eigenvalue weighted by Crippen LogP contribution is -2.54. The number of thiophene rings is 1. The molecule has 1 amide bonds. The molecule has 0 aliphatic carbocycles. The molecule has 0 aromatic carbocycles. The number of hydrogen-bond acceptors (Lipinski definition) is 7. The molecule has 2 aliphatic rings. The Kier molecular flexibility index (Phi) is 5.78. The number of nitrogens with zero attached hydrogens (tertiary/aromatic N) is 4. The van der Waals surface area contributed by atoms with E-state index in [1.165, 1.54) is 15.6 Å². The number of carbonyl (C=O) groups is 1. The van der Waals surface area contributed by atoms with E-state index in [9.17, 15) is 13.2 Å². The third-order valence-corrected chi connectivity index (χ3v) is 9.07. The topological polar surface area (TPSA) is 87.0 Å². The Bertz CT molecular complexity index is 943. The summed E-state index contributed by atoms with van der Waals surface area (Å²) in [6.45, 7) is 7.72. The van der Waals surface area contributed by atoms with Gasteiger partial charge in [-0.1, -0.05) is 11.2 Å². The Balaban J connectivity index is 1.39. The van der Waals surface area contributed by atoms with Crippen LogP contribution in [0.5, 0.6) is 0 Å². The molecule has 0 spiro atoms. The highest BCUT2D eigenvalue weighted by Crippen LogP contribution is 2.29. The van der Waals surface area contributed by atoms with E-state index in [-0.39, 0.29) is 5.91 Å². The maximum absolute atomic E-state index is 13.1. The molecule has 0 radical (unpaired) electrons. The molecule has 0 saturated carbocycles. The zero-order chi connectivity index (χ0) is 20.6. The molecule has 1 unspecified atom stereocenters. The van der Waals surface area contributed by atoms with Gasteiger partial charge in [0.25, 0.3) is 10.0 Å². The van der Waals surface area contributed by atoms with Gasteiger partial charge in [-0.2, -0.15) is 4.31 Å². The number of aromatic nitrogens is 1. The van der Waals surface area contributed by atoms with E-state index in [2.05, 4.69) is 10.1 Å². The second kappa shape index (κ2) is 8.17. The summed E-state index contributed by atoms with van der Waals surface area (Å²) in [6, 6.07) is 2.74. The fourth-order valence-corrected chi connectivity index (χ4v) is 6.86. The van der Waals surface area contributed by atoms with E-state index >= 15 is 0 Å². The Hall–Kier alpha value is -1.75. The maximum Gasteiger partial charge on any atom is 0.253 e. The number of rotatable bonds is 5. The lowest BCUT2D eigenvalue weighted by Gasteiger charge is -2.37. The molecule has 4 heterocycles. The van der Waals surface area contributed by atoms with Crippen LogP contribution in [0.4, 0.5) is 0 Å². The van der Waals surface area contributed by atoms with Gasteiger partial charge in [-0.3, -0.25) is 9.69 Å². The molecular weight excluding hydrogens is 412 g/mol. The van der Waals surface area contributed by atoms with Crippen molar-refractivity contribution in [3.8, 4) is 0 Å². The van der Waals surface area contributed by atoms with E-state index in [0.717, 1.165) is 36.7 Å². The van der Waals surface area contributed by atoms with E-state index in [1.807, 2.05) is 18.7 Å². The average molecular weight is 439 g/mol. The molecular formula is C19H26N4O4S2. The van der Waals surface area contributed by atoms with E-state index in [4.69, 9.17) is 4.52 Å². The first kappa shape index (κ1) is 20.5. The Morgan fingerprint density at radius 2 is 2.00 bits per heavy atom. The summed E-state index contributed by atoms with van der Waals surface area (Å²) in [4.78, 5) is 17.2. The average Bonchev–Trinajstić information content (AvgIpc) is 3.46. The van der Waals surface area contributed by atoms with Gasteiger partial charge in [0.05, 0.1) is 5.69 Å². The molecule has 2 aromatic heterocycles. The second-order valence-electron chi connectivity index (χ2n) is 7.61. The molecule has 2 aromatic rings. The van der Waals surface area contributed by atoms with Gasteiger partial charge in [0.2, 0.25) is 5.91 Å². The largest absolute Gasteiger partial charge is 0.361 e. The van der Waals surface area contributed by atoms with Crippen molar-refractivity contribution in [1.82, 2.24) is 19.3 Å². The fourth-order valence-electron chi connectivity index (χ4n) is 4.09. The molecule has 158 valence electrons. The van der Waals surface area contributed by atoms with Gasteiger partial charge in [0, 0.05) is 44.8 Å². The van der Waals surface area contributed by atoms with Crippen molar-refractivity contribution in [2.24, 2.45) is 0 Å². The third kappa shape index (κ3) is 3.98. The van der Waals surface area contributed by atoms with Crippen LogP contribution in [0.15, 0.2) is 26.2 Å². The summed E-state index contributed by atoms with van der Waals surface area (Å²) in [5.41, 5.74) is 2.01. The quantitative estimate of drug-likeness (QED) is 0.708. The molecule has 1 atom stereocenters. The first-order chi connectivity index (χ1) is 13.9. The minimum atomic E-state index is -3.61. The van der Waals surface area contributed by atoms with Crippen LogP contribution in [0.2, 0.25) is 0 Å². The lowest BCUT2D eigenvalue weighted by molar-refractivity contribution is -0.136. The van der Waals surface area contributed by atoms with Crippen LogP contribution in [-0.4, -0.2) is 72.4 Å². The summed E-state index contributed by atoms with van der Waals surface area (Å²) >= 11 is 1.20. The van der Waals surface area contributed by atoms with E-state index in [1.54, 1.807) is 17.5 Å². The molecule has 29 heavy (non-hydrogen) atoms. The van der Waals surface area contributed by atoms with Crippen molar-refractivity contribution in [3.05, 3.63) is 34.5 Å². The van der Waals surface area contributed by atoms with Crippen LogP contribution in [0.1, 0.15) is 29.9 Å². The Morgan fingerprint density at radius 1 is 1.24 bits per heavy atom. The number of amides is 1. The van der Waals surface area contributed by atoms with Crippen LogP contribution in [0, 0.1) is 13.8 Å². The van der Waals surface area contributed by atoms with Gasteiger partial charge in [-0.25, -0.2) is 8.42 Å². The molecule has 0 N–H and O–H groups in total. The van der Waals surface area contributed by atoms with Crippen molar-refractivity contribution < 1.29 is 17.7 Å². The minimum Gasteiger partial charge on any atom is -0.361 e. The molecule has 0 bridgehead atoms. The fraction of sp³-hybridized carbons (Fsp3) is 0.579. The van der Waals surface area contributed by atoms with Gasteiger partial charge in [0.15, 0.2) is 0 Å². The van der Waals surface area contributed by atoms with Gasteiger partial charge in [-0.15, -0.1) is 11.3 Å².